The van der Waals surface area contributed by atoms with E-state index in [2.05, 4.69) is 0 Å². The molecule has 2 unspecified atom stereocenters. The van der Waals surface area contributed by atoms with E-state index in [-0.39, 0.29) is 17.5 Å². The zero-order chi connectivity index (χ0) is 18.5. The summed E-state index contributed by atoms with van der Waals surface area (Å²) in [5.41, 5.74) is 1.21. The summed E-state index contributed by atoms with van der Waals surface area (Å²) in [7, 11) is -1.69. The summed E-state index contributed by atoms with van der Waals surface area (Å²) < 4.78 is 29.8. The molecule has 0 saturated carbocycles. The highest BCUT2D eigenvalue weighted by molar-refractivity contribution is 7.91. The van der Waals surface area contributed by atoms with Gasteiger partial charge in [-0.1, -0.05) is 23.7 Å². The van der Waals surface area contributed by atoms with Gasteiger partial charge in [-0.15, -0.1) is 0 Å². The van der Waals surface area contributed by atoms with Crippen LogP contribution in [0.25, 0.3) is 0 Å². The Labute approximate surface area is 156 Å². The monoisotopic (exact) mass is 392 g/mol. The zero-order valence-corrected chi connectivity index (χ0v) is 15.6. The number of nitrogens with zero attached hydrogens (tertiary/aromatic N) is 2. The molecule has 2 aliphatic rings. The predicted octanol–water partition coefficient (Wildman–Crippen LogP) is 2.96. The third-order valence-corrected chi connectivity index (χ3v) is 6.72. The molecule has 2 aromatic carbocycles. The number of ether oxygens (including phenoxy) is 1. The number of benzene rings is 2. The second kappa shape index (κ2) is 6.17. The van der Waals surface area contributed by atoms with Crippen LogP contribution >= 0.6 is 11.6 Å². The number of methoxy groups -OCH3 is 1. The third-order valence-electron chi connectivity index (χ3n) is 4.79. The van der Waals surface area contributed by atoms with E-state index in [1.807, 2.05) is 0 Å². The van der Waals surface area contributed by atoms with Crippen LogP contribution in [0.2, 0.25) is 5.02 Å². The number of hydrogen-bond donors (Lipinski definition) is 0. The summed E-state index contributed by atoms with van der Waals surface area (Å²) in [6.07, 6.45) is 0. The number of anilines is 2. The maximum Gasteiger partial charge on any atom is 0.329 e. The quantitative estimate of drug-likeness (QED) is 0.753. The number of fused-ring (bicyclic) bond motifs is 1. The number of halogens is 1. The SMILES string of the molecule is COc1cccc(N2C(=O)N(c3cccc(Cl)c3)C3CS(=O)(=O)CC32)c1. The van der Waals surface area contributed by atoms with Crippen LogP contribution in [0.4, 0.5) is 16.2 Å². The van der Waals surface area contributed by atoms with Gasteiger partial charge in [-0.3, -0.25) is 9.80 Å². The van der Waals surface area contributed by atoms with Crippen molar-refractivity contribution in [3.63, 3.8) is 0 Å². The molecule has 0 bridgehead atoms. The Morgan fingerprint density at radius 2 is 1.58 bits per heavy atom. The number of amides is 2. The van der Waals surface area contributed by atoms with Gasteiger partial charge in [0.1, 0.15) is 5.75 Å². The van der Waals surface area contributed by atoms with Crippen LogP contribution in [0.5, 0.6) is 5.75 Å². The van der Waals surface area contributed by atoms with Crippen molar-refractivity contribution in [2.75, 3.05) is 28.4 Å². The van der Waals surface area contributed by atoms with Crippen molar-refractivity contribution in [1.82, 2.24) is 0 Å². The fourth-order valence-corrected chi connectivity index (χ4v) is 5.80. The normalized spacial score (nSPS) is 24.0. The first kappa shape index (κ1) is 17.2. The first-order valence-electron chi connectivity index (χ1n) is 8.12. The predicted molar refractivity (Wildman–Crippen MR) is 101 cm³/mol. The summed E-state index contributed by atoms with van der Waals surface area (Å²) in [4.78, 5) is 16.3. The minimum Gasteiger partial charge on any atom is -0.497 e. The first-order chi connectivity index (χ1) is 12.4. The van der Waals surface area contributed by atoms with E-state index in [1.165, 1.54) is 0 Å². The molecular weight excluding hydrogens is 376 g/mol. The van der Waals surface area contributed by atoms with Crippen molar-refractivity contribution in [2.24, 2.45) is 0 Å². The Morgan fingerprint density at radius 3 is 2.15 bits per heavy atom. The van der Waals surface area contributed by atoms with E-state index in [1.54, 1.807) is 65.4 Å². The third kappa shape index (κ3) is 2.81. The number of carbonyl (C=O) groups is 1. The van der Waals surface area contributed by atoms with E-state index in [4.69, 9.17) is 16.3 Å². The Balaban J connectivity index is 1.81. The van der Waals surface area contributed by atoms with E-state index in [9.17, 15) is 13.2 Å². The van der Waals surface area contributed by atoms with Crippen LogP contribution in [0.1, 0.15) is 0 Å². The average molecular weight is 393 g/mol. The summed E-state index contributed by atoms with van der Waals surface area (Å²) in [6.45, 7) is 0. The van der Waals surface area contributed by atoms with Crippen LogP contribution in [-0.4, -0.2) is 45.1 Å². The lowest BCUT2D eigenvalue weighted by atomic mass is 10.1. The first-order valence-corrected chi connectivity index (χ1v) is 10.3. The van der Waals surface area contributed by atoms with Crippen molar-refractivity contribution < 1.29 is 17.9 Å². The Morgan fingerprint density at radius 1 is 1.00 bits per heavy atom. The lowest BCUT2D eigenvalue weighted by molar-refractivity contribution is 0.255. The molecular formula is C18H17ClN2O4S. The van der Waals surface area contributed by atoms with Gasteiger partial charge in [-0.25, -0.2) is 13.2 Å². The van der Waals surface area contributed by atoms with Gasteiger partial charge in [-0.05, 0) is 30.3 Å². The van der Waals surface area contributed by atoms with Crippen molar-refractivity contribution in [1.29, 1.82) is 0 Å². The van der Waals surface area contributed by atoms with Crippen molar-refractivity contribution in [3.8, 4) is 5.75 Å². The summed E-state index contributed by atoms with van der Waals surface area (Å²) in [5, 5.41) is 0.493. The highest BCUT2D eigenvalue weighted by Crippen LogP contribution is 2.39. The molecule has 2 atom stereocenters. The van der Waals surface area contributed by atoms with Gasteiger partial charge in [0.15, 0.2) is 9.84 Å². The number of urea groups is 1. The van der Waals surface area contributed by atoms with E-state index < -0.39 is 21.9 Å². The van der Waals surface area contributed by atoms with Crippen LogP contribution in [-0.2, 0) is 9.84 Å². The minimum absolute atomic E-state index is 0.0579. The molecule has 0 radical (unpaired) electrons. The van der Waals surface area contributed by atoms with Gasteiger partial charge in [0.05, 0.1) is 30.7 Å². The molecule has 4 rings (SSSR count). The van der Waals surface area contributed by atoms with Crippen molar-refractivity contribution >= 4 is 38.8 Å². The lowest BCUT2D eigenvalue weighted by Crippen LogP contribution is -2.37. The number of carbonyl (C=O) groups excluding carboxylic acids is 1. The molecule has 0 aliphatic carbocycles. The molecule has 0 spiro atoms. The van der Waals surface area contributed by atoms with Gasteiger partial charge < -0.3 is 4.74 Å². The topological polar surface area (TPSA) is 66.9 Å². The highest BCUT2D eigenvalue weighted by Gasteiger charge is 2.54. The molecule has 136 valence electrons. The second-order valence-corrected chi connectivity index (χ2v) is 9.01. The molecule has 26 heavy (non-hydrogen) atoms. The number of sulfone groups is 1. The Bertz CT molecular complexity index is 979. The molecule has 2 fully saturated rings. The molecule has 2 saturated heterocycles. The van der Waals surface area contributed by atoms with Gasteiger partial charge in [0, 0.05) is 22.5 Å². The van der Waals surface area contributed by atoms with Crippen LogP contribution in [0.15, 0.2) is 48.5 Å². The van der Waals surface area contributed by atoms with Gasteiger partial charge >= 0.3 is 6.03 Å². The summed E-state index contributed by atoms with van der Waals surface area (Å²) in [6, 6.07) is 12.8. The Kier molecular flexibility index (Phi) is 4.08. The number of hydrogen-bond acceptors (Lipinski definition) is 4. The maximum absolute atomic E-state index is 13.2. The molecule has 0 N–H and O–H groups in total. The molecule has 8 heteroatoms. The summed E-state index contributed by atoms with van der Waals surface area (Å²) >= 11 is 6.08. The molecule has 2 aliphatic heterocycles. The molecule has 2 heterocycles. The van der Waals surface area contributed by atoms with Crippen LogP contribution in [0.3, 0.4) is 0 Å². The van der Waals surface area contributed by atoms with Crippen molar-refractivity contribution in [3.05, 3.63) is 53.6 Å². The van der Waals surface area contributed by atoms with Gasteiger partial charge in [0.2, 0.25) is 0 Å². The average Bonchev–Trinajstić information content (AvgIpc) is 3.03. The summed E-state index contributed by atoms with van der Waals surface area (Å²) in [5.74, 6) is 0.488. The lowest BCUT2D eigenvalue weighted by Gasteiger charge is -2.23. The Hall–Kier alpha value is -2.25. The fourth-order valence-electron chi connectivity index (χ4n) is 3.69. The largest absolute Gasteiger partial charge is 0.497 e. The van der Waals surface area contributed by atoms with Crippen molar-refractivity contribution in [2.45, 2.75) is 12.1 Å². The van der Waals surface area contributed by atoms with Gasteiger partial charge in [-0.2, -0.15) is 0 Å². The number of rotatable bonds is 3. The van der Waals surface area contributed by atoms with Crippen LogP contribution in [0, 0.1) is 0 Å². The molecule has 2 aromatic rings. The highest BCUT2D eigenvalue weighted by atomic mass is 35.5. The minimum atomic E-state index is -3.24. The molecule has 2 amide bonds. The van der Waals surface area contributed by atoms with Gasteiger partial charge in [0.25, 0.3) is 0 Å². The van der Waals surface area contributed by atoms with E-state index >= 15 is 0 Å². The van der Waals surface area contributed by atoms with E-state index in [0.29, 0.717) is 22.1 Å². The fraction of sp³-hybridized carbons (Fsp3) is 0.278. The molecule has 0 aromatic heterocycles. The van der Waals surface area contributed by atoms with Crippen LogP contribution < -0.4 is 14.5 Å². The maximum atomic E-state index is 13.2. The molecule has 6 nitrogen and oxygen atoms in total. The van der Waals surface area contributed by atoms with E-state index in [0.717, 1.165) is 0 Å². The second-order valence-electron chi connectivity index (χ2n) is 6.42. The standard InChI is InChI=1S/C18H17ClN2O4S/c1-25-15-7-3-6-14(9-15)21-17-11-26(23,24)10-16(17)20(18(21)22)13-5-2-4-12(19)8-13/h2-9,16-17H,10-11H2,1H3. The zero-order valence-electron chi connectivity index (χ0n) is 14.0. The smallest absolute Gasteiger partial charge is 0.329 e.